The van der Waals surface area contributed by atoms with Crippen LogP contribution in [0.1, 0.15) is 52.5 Å². The molecule has 1 aromatic rings. The van der Waals surface area contributed by atoms with Crippen molar-refractivity contribution in [1.82, 2.24) is 0 Å². The SMILES string of the molecule is COCO[C@@H](C[C@H]1C[C@@H]([C@@H]2C[C@H]2C)OC(C)(C)O1)[C@@H](C)C(=O)OCc1ccccc1. The molecule has 1 aliphatic carbocycles. The second-order valence-electron chi connectivity index (χ2n) is 9.14. The van der Waals surface area contributed by atoms with Gasteiger partial charge in [0.15, 0.2) is 5.79 Å². The van der Waals surface area contributed by atoms with E-state index in [-0.39, 0.29) is 37.7 Å². The molecule has 0 amide bonds. The van der Waals surface area contributed by atoms with Gasteiger partial charge >= 0.3 is 5.97 Å². The Morgan fingerprint density at radius 1 is 1.20 bits per heavy atom. The first kappa shape index (κ1) is 23.2. The zero-order valence-electron chi connectivity index (χ0n) is 18.8. The molecule has 1 saturated heterocycles. The number of hydrogen-bond donors (Lipinski definition) is 0. The lowest BCUT2D eigenvalue weighted by molar-refractivity contribution is -0.308. The van der Waals surface area contributed by atoms with Crippen molar-refractivity contribution in [2.45, 2.75) is 77.7 Å². The molecule has 0 N–H and O–H groups in total. The predicted molar refractivity (Wildman–Crippen MR) is 112 cm³/mol. The van der Waals surface area contributed by atoms with E-state index in [0.29, 0.717) is 18.3 Å². The lowest BCUT2D eigenvalue weighted by Gasteiger charge is -2.42. The highest BCUT2D eigenvalue weighted by Gasteiger charge is 2.47. The quantitative estimate of drug-likeness (QED) is 0.415. The predicted octanol–water partition coefficient (Wildman–Crippen LogP) is 4.31. The molecule has 168 valence electrons. The van der Waals surface area contributed by atoms with Crippen molar-refractivity contribution in [3.05, 3.63) is 35.9 Å². The fourth-order valence-electron chi connectivity index (χ4n) is 4.27. The molecule has 1 aliphatic heterocycles. The van der Waals surface area contributed by atoms with E-state index in [1.807, 2.05) is 51.1 Å². The molecule has 1 heterocycles. The normalized spacial score (nSPS) is 29.8. The van der Waals surface area contributed by atoms with Gasteiger partial charge in [0, 0.05) is 20.0 Å². The molecule has 6 heteroatoms. The molecule has 6 nitrogen and oxygen atoms in total. The Labute approximate surface area is 180 Å². The number of methoxy groups -OCH3 is 1. The monoisotopic (exact) mass is 420 g/mol. The van der Waals surface area contributed by atoms with E-state index in [2.05, 4.69) is 6.92 Å². The van der Waals surface area contributed by atoms with Gasteiger partial charge in [-0.1, -0.05) is 37.3 Å². The Bertz CT molecular complexity index is 676. The lowest BCUT2D eigenvalue weighted by atomic mass is 9.94. The van der Waals surface area contributed by atoms with Gasteiger partial charge in [-0.3, -0.25) is 4.79 Å². The molecule has 30 heavy (non-hydrogen) atoms. The summed E-state index contributed by atoms with van der Waals surface area (Å²) in [5.74, 6) is -0.0479. The average molecular weight is 421 g/mol. The summed E-state index contributed by atoms with van der Waals surface area (Å²) in [4.78, 5) is 12.7. The third-order valence-corrected chi connectivity index (χ3v) is 6.08. The summed E-state index contributed by atoms with van der Waals surface area (Å²) >= 11 is 0. The maximum Gasteiger partial charge on any atom is 0.311 e. The standard InChI is InChI=1S/C24H36O6/c1-16-11-20(16)22-13-19(29-24(3,4)30-22)12-21(28-15-26-5)17(2)23(25)27-14-18-9-7-6-8-10-18/h6-10,16-17,19-22H,11-15H2,1-5H3/t16-,17-,19+,20-,21+,22+/m1/s1. The van der Waals surface area contributed by atoms with Crippen LogP contribution in [0.4, 0.5) is 0 Å². The summed E-state index contributed by atoms with van der Waals surface area (Å²) in [7, 11) is 1.58. The van der Waals surface area contributed by atoms with Crippen molar-refractivity contribution >= 4 is 5.97 Å². The molecule has 2 aliphatic rings. The Kier molecular flexibility index (Phi) is 7.91. The van der Waals surface area contributed by atoms with Gasteiger partial charge in [0.2, 0.25) is 0 Å². The van der Waals surface area contributed by atoms with Crippen LogP contribution in [0.15, 0.2) is 30.3 Å². The molecule has 0 radical (unpaired) electrons. The first-order chi connectivity index (χ1) is 14.3. The Morgan fingerprint density at radius 2 is 1.90 bits per heavy atom. The minimum absolute atomic E-state index is 0.0437. The molecule has 6 atom stereocenters. The first-order valence-electron chi connectivity index (χ1n) is 11.0. The van der Waals surface area contributed by atoms with Gasteiger partial charge in [-0.25, -0.2) is 0 Å². The molecular weight excluding hydrogens is 384 g/mol. The number of carbonyl (C=O) groups is 1. The number of rotatable bonds is 10. The van der Waals surface area contributed by atoms with Crippen molar-refractivity contribution in [2.24, 2.45) is 17.8 Å². The summed E-state index contributed by atoms with van der Waals surface area (Å²) in [5.41, 5.74) is 0.961. The summed E-state index contributed by atoms with van der Waals surface area (Å²) in [5, 5.41) is 0. The van der Waals surface area contributed by atoms with E-state index in [0.717, 1.165) is 12.0 Å². The molecular formula is C24H36O6. The van der Waals surface area contributed by atoms with Crippen LogP contribution in [0.3, 0.4) is 0 Å². The molecule has 0 unspecified atom stereocenters. The summed E-state index contributed by atoms with van der Waals surface area (Å²) in [6, 6.07) is 9.67. The Balaban J connectivity index is 1.60. The third kappa shape index (κ3) is 6.51. The topological polar surface area (TPSA) is 63.2 Å². The second kappa shape index (κ2) is 10.2. The number of hydrogen-bond acceptors (Lipinski definition) is 6. The molecule has 1 aromatic carbocycles. The van der Waals surface area contributed by atoms with Crippen molar-refractivity contribution in [3.8, 4) is 0 Å². The largest absolute Gasteiger partial charge is 0.461 e. The van der Waals surface area contributed by atoms with E-state index in [9.17, 15) is 4.79 Å². The van der Waals surface area contributed by atoms with E-state index in [1.165, 1.54) is 6.42 Å². The maximum absolute atomic E-state index is 12.7. The fraction of sp³-hybridized carbons (Fsp3) is 0.708. The number of esters is 1. The molecule has 2 fully saturated rings. The number of ether oxygens (including phenoxy) is 5. The Hall–Kier alpha value is -1.47. The van der Waals surface area contributed by atoms with Crippen LogP contribution in [0.2, 0.25) is 0 Å². The fourth-order valence-corrected chi connectivity index (χ4v) is 4.27. The van der Waals surface area contributed by atoms with Crippen molar-refractivity contribution < 1.29 is 28.5 Å². The highest BCUT2D eigenvalue weighted by Crippen LogP contribution is 2.47. The van der Waals surface area contributed by atoms with E-state index >= 15 is 0 Å². The van der Waals surface area contributed by atoms with Gasteiger partial charge < -0.3 is 23.7 Å². The smallest absolute Gasteiger partial charge is 0.311 e. The highest BCUT2D eigenvalue weighted by molar-refractivity contribution is 5.72. The molecule has 0 aromatic heterocycles. The van der Waals surface area contributed by atoms with Crippen LogP contribution >= 0.6 is 0 Å². The minimum Gasteiger partial charge on any atom is -0.461 e. The van der Waals surface area contributed by atoms with Crippen molar-refractivity contribution in [3.63, 3.8) is 0 Å². The molecule has 0 bridgehead atoms. The number of carbonyl (C=O) groups excluding carboxylic acids is 1. The van der Waals surface area contributed by atoms with Gasteiger partial charge in [-0.15, -0.1) is 0 Å². The summed E-state index contributed by atoms with van der Waals surface area (Å²) in [6.07, 6.45) is 2.41. The van der Waals surface area contributed by atoms with Crippen molar-refractivity contribution in [2.75, 3.05) is 13.9 Å². The van der Waals surface area contributed by atoms with Crippen LogP contribution in [0, 0.1) is 17.8 Å². The minimum atomic E-state index is -0.640. The maximum atomic E-state index is 12.7. The molecule has 0 spiro atoms. The van der Waals surface area contributed by atoms with E-state index in [1.54, 1.807) is 7.11 Å². The third-order valence-electron chi connectivity index (χ3n) is 6.08. The first-order valence-corrected chi connectivity index (χ1v) is 11.0. The van der Waals surface area contributed by atoms with E-state index < -0.39 is 11.7 Å². The van der Waals surface area contributed by atoms with Crippen LogP contribution in [-0.4, -0.2) is 44.0 Å². The van der Waals surface area contributed by atoms with Gasteiger partial charge in [0.25, 0.3) is 0 Å². The molecule has 1 saturated carbocycles. The zero-order chi connectivity index (χ0) is 21.7. The van der Waals surface area contributed by atoms with Crippen LogP contribution in [0.25, 0.3) is 0 Å². The number of benzene rings is 1. The van der Waals surface area contributed by atoms with Crippen LogP contribution in [-0.2, 0) is 35.1 Å². The summed E-state index contributed by atoms with van der Waals surface area (Å²) in [6.45, 7) is 8.41. The average Bonchev–Trinajstić information content (AvgIpc) is 3.45. The highest BCUT2D eigenvalue weighted by atomic mass is 16.7. The Morgan fingerprint density at radius 3 is 2.53 bits per heavy atom. The van der Waals surface area contributed by atoms with Gasteiger partial charge in [-0.05, 0) is 44.6 Å². The van der Waals surface area contributed by atoms with E-state index in [4.69, 9.17) is 23.7 Å². The lowest BCUT2D eigenvalue weighted by Crippen LogP contribution is -2.47. The zero-order valence-corrected chi connectivity index (χ0v) is 18.8. The van der Waals surface area contributed by atoms with Gasteiger partial charge in [0.05, 0.1) is 24.2 Å². The van der Waals surface area contributed by atoms with Gasteiger partial charge in [-0.2, -0.15) is 0 Å². The van der Waals surface area contributed by atoms with Gasteiger partial charge in [0.1, 0.15) is 13.4 Å². The second-order valence-corrected chi connectivity index (χ2v) is 9.14. The van der Waals surface area contributed by atoms with Crippen molar-refractivity contribution in [1.29, 1.82) is 0 Å². The molecule has 3 rings (SSSR count). The van der Waals surface area contributed by atoms with Crippen LogP contribution < -0.4 is 0 Å². The summed E-state index contributed by atoms with van der Waals surface area (Å²) < 4.78 is 28.9. The van der Waals surface area contributed by atoms with Crippen LogP contribution in [0.5, 0.6) is 0 Å².